The average Bonchev–Trinajstić information content (AvgIpc) is 2.53. The number of halogens is 1. The highest BCUT2D eigenvalue weighted by atomic mass is 32.2. The summed E-state index contributed by atoms with van der Waals surface area (Å²) in [6.45, 7) is 3.66. The van der Waals surface area contributed by atoms with Crippen LogP contribution in [0, 0.1) is 11.7 Å². The molecule has 0 saturated carbocycles. The van der Waals surface area contributed by atoms with Crippen molar-refractivity contribution in [1.82, 2.24) is 10.2 Å². The molecule has 1 unspecified atom stereocenters. The minimum Gasteiger partial charge on any atom is -0.342 e. The number of hydrogen-bond donors (Lipinski definition) is 1. The molecule has 1 aliphatic rings. The molecule has 1 fully saturated rings. The number of carbonyl (C=O) groups is 1. The van der Waals surface area contributed by atoms with Gasteiger partial charge in [0, 0.05) is 35.7 Å². The van der Waals surface area contributed by atoms with Gasteiger partial charge in [0.2, 0.25) is 5.91 Å². The van der Waals surface area contributed by atoms with Crippen LogP contribution < -0.4 is 5.32 Å². The standard InChI is InChI=1S/C16H23FN2OS/c1-12(11-21-15-5-3-13(17)4-6-15)16(20)19-9-7-14(18-2)8-10-19/h3-6,12,14,18H,7-11H2,1-2H3. The van der Waals surface area contributed by atoms with Crippen LogP contribution >= 0.6 is 11.8 Å². The SMILES string of the molecule is CNC1CCN(C(=O)C(C)CSc2ccc(F)cc2)CC1. The fourth-order valence-corrected chi connectivity index (χ4v) is 3.44. The molecule has 0 bridgehead atoms. The molecule has 1 amide bonds. The normalized spacial score (nSPS) is 17.8. The van der Waals surface area contributed by atoms with Crippen LogP contribution in [-0.2, 0) is 4.79 Å². The second-order valence-corrected chi connectivity index (χ2v) is 6.65. The first kappa shape index (κ1) is 16.3. The molecular formula is C16H23FN2OS. The summed E-state index contributed by atoms with van der Waals surface area (Å²) in [6, 6.07) is 6.97. The van der Waals surface area contributed by atoms with Crippen molar-refractivity contribution in [2.24, 2.45) is 5.92 Å². The van der Waals surface area contributed by atoms with E-state index in [1.54, 1.807) is 23.9 Å². The first-order chi connectivity index (χ1) is 10.1. The summed E-state index contributed by atoms with van der Waals surface area (Å²) in [5, 5.41) is 3.27. The molecule has 116 valence electrons. The first-order valence-corrected chi connectivity index (χ1v) is 8.43. The molecule has 1 N–H and O–H groups in total. The Kier molecular flexibility index (Phi) is 6.06. The molecule has 1 aromatic rings. The molecule has 1 atom stereocenters. The largest absolute Gasteiger partial charge is 0.342 e. The zero-order chi connectivity index (χ0) is 15.2. The van der Waals surface area contributed by atoms with E-state index in [9.17, 15) is 9.18 Å². The van der Waals surface area contributed by atoms with Gasteiger partial charge >= 0.3 is 0 Å². The van der Waals surface area contributed by atoms with Gasteiger partial charge in [0.1, 0.15) is 5.82 Å². The van der Waals surface area contributed by atoms with Crippen molar-refractivity contribution in [3.05, 3.63) is 30.1 Å². The van der Waals surface area contributed by atoms with Crippen molar-refractivity contribution in [1.29, 1.82) is 0 Å². The second kappa shape index (κ2) is 7.80. The Labute approximate surface area is 130 Å². The lowest BCUT2D eigenvalue weighted by Crippen LogP contribution is -2.46. The van der Waals surface area contributed by atoms with Crippen LogP contribution in [-0.4, -0.2) is 42.7 Å². The highest BCUT2D eigenvalue weighted by molar-refractivity contribution is 7.99. The predicted octanol–water partition coefficient (Wildman–Crippen LogP) is 2.76. The lowest BCUT2D eigenvalue weighted by atomic mass is 10.0. The van der Waals surface area contributed by atoms with Gasteiger partial charge in [0.15, 0.2) is 0 Å². The topological polar surface area (TPSA) is 32.3 Å². The van der Waals surface area contributed by atoms with Crippen LogP contribution in [0.25, 0.3) is 0 Å². The van der Waals surface area contributed by atoms with Gasteiger partial charge < -0.3 is 10.2 Å². The Bertz CT molecular complexity index is 458. The fraction of sp³-hybridized carbons (Fsp3) is 0.562. The molecule has 0 radical (unpaired) electrons. The second-order valence-electron chi connectivity index (χ2n) is 5.55. The summed E-state index contributed by atoms with van der Waals surface area (Å²) < 4.78 is 12.8. The van der Waals surface area contributed by atoms with Gasteiger partial charge in [0.25, 0.3) is 0 Å². The van der Waals surface area contributed by atoms with E-state index in [4.69, 9.17) is 0 Å². The van der Waals surface area contributed by atoms with Crippen LogP contribution in [0.4, 0.5) is 4.39 Å². The van der Waals surface area contributed by atoms with Gasteiger partial charge in [-0.15, -0.1) is 11.8 Å². The minimum atomic E-state index is -0.226. The smallest absolute Gasteiger partial charge is 0.226 e. The summed E-state index contributed by atoms with van der Waals surface area (Å²) in [6.07, 6.45) is 2.06. The molecule has 5 heteroatoms. The van der Waals surface area contributed by atoms with E-state index < -0.39 is 0 Å². The summed E-state index contributed by atoms with van der Waals surface area (Å²) in [7, 11) is 1.98. The van der Waals surface area contributed by atoms with Crippen molar-refractivity contribution >= 4 is 17.7 Å². The van der Waals surface area contributed by atoms with Crippen LogP contribution in [0.3, 0.4) is 0 Å². The van der Waals surface area contributed by atoms with E-state index in [1.165, 1.54) is 12.1 Å². The van der Waals surface area contributed by atoms with Crippen molar-refractivity contribution in [3.63, 3.8) is 0 Å². The number of carbonyl (C=O) groups excluding carboxylic acids is 1. The molecule has 0 spiro atoms. The van der Waals surface area contributed by atoms with Gasteiger partial charge in [0.05, 0.1) is 0 Å². The molecule has 21 heavy (non-hydrogen) atoms. The van der Waals surface area contributed by atoms with Crippen molar-refractivity contribution < 1.29 is 9.18 Å². The molecule has 0 aromatic heterocycles. The molecule has 1 heterocycles. The van der Waals surface area contributed by atoms with Crippen LogP contribution in [0.2, 0.25) is 0 Å². The number of benzene rings is 1. The van der Waals surface area contributed by atoms with Crippen molar-refractivity contribution in [2.75, 3.05) is 25.9 Å². The third kappa shape index (κ3) is 4.71. The highest BCUT2D eigenvalue weighted by Crippen LogP contribution is 2.22. The maximum absolute atomic E-state index is 12.8. The van der Waals surface area contributed by atoms with E-state index >= 15 is 0 Å². The van der Waals surface area contributed by atoms with Crippen molar-refractivity contribution in [2.45, 2.75) is 30.7 Å². The Morgan fingerprint density at radius 3 is 2.57 bits per heavy atom. The minimum absolute atomic E-state index is 0.00816. The summed E-state index contributed by atoms with van der Waals surface area (Å²) in [5.74, 6) is 0.734. The maximum atomic E-state index is 12.8. The van der Waals surface area contributed by atoms with Crippen LogP contribution in [0.1, 0.15) is 19.8 Å². The van der Waals surface area contributed by atoms with E-state index in [2.05, 4.69) is 5.32 Å². The monoisotopic (exact) mass is 310 g/mol. The zero-order valence-corrected chi connectivity index (χ0v) is 13.5. The van der Waals surface area contributed by atoms with E-state index in [1.807, 2.05) is 18.9 Å². The highest BCUT2D eigenvalue weighted by Gasteiger charge is 2.25. The molecule has 0 aliphatic carbocycles. The van der Waals surface area contributed by atoms with Crippen LogP contribution in [0.15, 0.2) is 29.2 Å². The number of piperidine rings is 1. The van der Waals surface area contributed by atoms with Crippen molar-refractivity contribution in [3.8, 4) is 0 Å². The summed E-state index contributed by atoms with van der Waals surface area (Å²) in [4.78, 5) is 15.4. The zero-order valence-electron chi connectivity index (χ0n) is 12.6. The van der Waals surface area contributed by atoms with Gasteiger partial charge in [-0.05, 0) is 44.2 Å². The van der Waals surface area contributed by atoms with Gasteiger partial charge in [-0.25, -0.2) is 4.39 Å². The number of thioether (sulfide) groups is 1. The Balaban J connectivity index is 1.78. The van der Waals surface area contributed by atoms with E-state index in [0.717, 1.165) is 36.6 Å². The third-order valence-electron chi connectivity index (χ3n) is 3.95. The molecule has 1 aliphatic heterocycles. The van der Waals surface area contributed by atoms with Gasteiger partial charge in [-0.2, -0.15) is 0 Å². The van der Waals surface area contributed by atoms with E-state index in [-0.39, 0.29) is 17.6 Å². The van der Waals surface area contributed by atoms with E-state index in [0.29, 0.717) is 6.04 Å². The number of amides is 1. The summed E-state index contributed by atoms with van der Waals surface area (Å²) in [5.41, 5.74) is 0. The number of nitrogens with one attached hydrogen (secondary N) is 1. The van der Waals surface area contributed by atoms with Gasteiger partial charge in [-0.1, -0.05) is 6.92 Å². The Hall–Kier alpha value is -1.07. The quantitative estimate of drug-likeness (QED) is 0.849. The first-order valence-electron chi connectivity index (χ1n) is 7.44. The molecule has 1 saturated heterocycles. The Morgan fingerprint density at radius 2 is 2.00 bits per heavy atom. The molecular weight excluding hydrogens is 287 g/mol. The number of nitrogens with zero attached hydrogens (tertiary/aromatic N) is 1. The third-order valence-corrected chi connectivity index (χ3v) is 5.22. The number of rotatable bonds is 5. The average molecular weight is 310 g/mol. The molecule has 2 rings (SSSR count). The Morgan fingerprint density at radius 1 is 1.38 bits per heavy atom. The molecule has 3 nitrogen and oxygen atoms in total. The fourth-order valence-electron chi connectivity index (χ4n) is 2.52. The summed E-state index contributed by atoms with van der Waals surface area (Å²) >= 11 is 1.61. The lowest BCUT2D eigenvalue weighted by Gasteiger charge is -2.33. The lowest BCUT2D eigenvalue weighted by molar-refractivity contribution is -0.135. The van der Waals surface area contributed by atoms with Gasteiger partial charge in [-0.3, -0.25) is 4.79 Å². The van der Waals surface area contributed by atoms with Crippen LogP contribution in [0.5, 0.6) is 0 Å². The number of likely N-dealkylation sites (tertiary alicyclic amines) is 1. The maximum Gasteiger partial charge on any atom is 0.226 e. The molecule has 1 aromatic carbocycles. The number of hydrogen-bond acceptors (Lipinski definition) is 3. The predicted molar refractivity (Wildman–Crippen MR) is 84.9 cm³/mol.